The highest BCUT2D eigenvalue weighted by molar-refractivity contribution is 5.72. The Kier molecular flexibility index (Phi) is 6.72. The molecule has 0 aromatic carbocycles. The molecular weight excluding hydrogens is 232 g/mol. The number of rotatable bonds is 6. The number of nitrogens with zero attached hydrogens (tertiary/aromatic N) is 1. The molecule has 0 aromatic heterocycles. The Hall–Kier alpha value is -1.10. The Morgan fingerprint density at radius 3 is 2.89 bits per heavy atom. The van der Waals surface area contributed by atoms with Crippen LogP contribution in [0.25, 0.3) is 0 Å². The van der Waals surface area contributed by atoms with Gasteiger partial charge in [0.2, 0.25) is 5.91 Å². The Bertz CT molecular complexity index is 281. The Balaban J connectivity index is 2.18. The zero-order valence-corrected chi connectivity index (χ0v) is 11.4. The molecule has 5 nitrogen and oxygen atoms in total. The van der Waals surface area contributed by atoms with Gasteiger partial charge in [-0.2, -0.15) is 0 Å². The van der Waals surface area contributed by atoms with Crippen molar-refractivity contribution in [3.63, 3.8) is 0 Å². The first kappa shape index (κ1) is 15.0. The van der Waals surface area contributed by atoms with Gasteiger partial charge in [0.1, 0.15) is 0 Å². The zero-order valence-electron chi connectivity index (χ0n) is 11.4. The Labute approximate surface area is 109 Å². The fraction of sp³-hybridized carbons (Fsp3) is 0.846. The number of ether oxygens (including phenoxy) is 1. The van der Waals surface area contributed by atoms with Crippen molar-refractivity contribution in [2.75, 3.05) is 33.3 Å². The fourth-order valence-electron chi connectivity index (χ4n) is 2.36. The maximum atomic E-state index is 11.0. The monoisotopic (exact) mass is 256 g/mol. The summed E-state index contributed by atoms with van der Waals surface area (Å²) < 4.78 is 4.62. The van der Waals surface area contributed by atoms with Crippen molar-refractivity contribution in [1.29, 1.82) is 0 Å². The van der Waals surface area contributed by atoms with Crippen LogP contribution in [0.1, 0.15) is 32.6 Å². The van der Waals surface area contributed by atoms with Crippen LogP contribution in [0.4, 0.5) is 0 Å². The maximum absolute atomic E-state index is 11.0. The van der Waals surface area contributed by atoms with Crippen LogP contribution < -0.4 is 5.32 Å². The van der Waals surface area contributed by atoms with Crippen molar-refractivity contribution in [3.05, 3.63) is 0 Å². The zero-order chi connectivity index (χ0) is 13.4. The lowest BCUT2D eigenvalue weighted by atomic mass is 9.98. The Morgan fingerprint density at radius 2 is 2.22 bits per heavy atom. The lowest BCUT2D eigenvalue weighted by Gasteiger charge is -2.32. The van der Waals surface area contributed by atoms with Crippen molar-refractivity contribution in [1.82, 2.24) is 10.2 Å². The largest absolute Gasteiger partial charge is 0.469 e. The minimum absolute atomic E-state index is 0.0396. The molecular formula is C13H24N2O3. The van der Waals surface area contributed by atoms with Gasteiger partial charge < -0.3 is 15.0 Å². The second kappa shape index (κ2) is 8.08. The molecule has 18 heavy (non-hydrogen) atoms. The third-order valence-electron chi connectivity index (χ3n) is 3.33. The van der Waals surface area contributed by atoms with E-state index in [9.17, 15) is 9.59 Å². The van der Waals surface area contributed by atoms with Crippen LogP contribution in [-0.2, 0) is 14.3 Å². The molecule has 0 aliphatic carbocycles. The van der Waals surface area contributed by atoms with Gasteiger partial charge in [-0.15, -0.1) is 0 Å². The average molecular weight is 256 g/mol. The summed E-state index contributed by atoms with van der Waals surface area (Å²) in [5, 5.41) is 2.88. The summed E-state index contributed by atoms with van der Waals surface area (Å²) in [6, 6.07) is 0. The van der Waals surface area contributed by atoms with Crippen LogP contribution in [0.15, 0.2) is 0 Å². The number of carbonyl (C=O) groups is 2. The number of hydrogen-bond acceptors (Lipinski definition) is 4. The molecule has 0 radical (unpaired) electrons. The van der Waals surface area contributed by atoms with Gasteiger partial charge in [-0.25, -0.2) is 0 Å². The van der Waals surface area contributed by atoms with Crippen molar-refractivity contribution in [2.45, 2.75) is 32.6 Å². The highest BCUT2D eigenvalue weighted by Crippen LogP contribution is 2.16. The van der Waals surface area contributed by atoms with Gasteiger partial charge in [0.25, 0.3) is 0 Å². The summed E-state index contributed by atoms with van der Waals surface area (Å²) in [4.78, 5) is 24.3. The van der Waals surface area contributed by atoms with Gasteiger partial charge in [-0.05, 0) is 38.3 Å². The molecule has 5 heteroatoms. The van der Waals surface area contributed by atoms with E-state index in [1.54, 1.807) is 6.92 Å². The van der Waals surface area contributed by atoms with Crippen LogP contribution >= 0.6 is 0 Å². The summed E-state index contributed by atoms with van der Waals surface area (Å²) in [6.07, 6.45) is 3.68. The second-order valence-electron chi connectivity index (χ2n) is 4.93. The number of methoxy groups -OCH3 is 1. The van der Waals surface area contributed by atoms with Crippen molar-refractivity contribution in [2.24, 2.45) is 5.92 Å². The lowest BCUT2D eigenvalue weighted by Crippen LogP contribution is -2.40. The van der Waals surface area contributed by atoms with E-state index in [0.29, 0.717) is 12.3 Å². The van der Waals surface area contributed by atoms with Gasteiger partial charge in [0.05, 0.1) is 7.11 Å². The lowest BCUT2D eigenvalue weighted by molar-refractivity contribution is -0.140. The molecule has 0 bridgehead atoms. The van der Waals surface area contributed by atoms with Crippen LogP contribution in [0.3, 0.4) is 0 Å². The number of nitrogens with one attached hydrogen (secondary N) is 1. The van der Waals surface area contributed by atoms with E-state index < -0.39 is 0 Å². The first-order chi connectivity index (χ1) is 8.61. The number of piperidine rings is 1. The second-order valence-corrected chi connectivity index (χ2v) is 4.93. The minimum atomic E-state index is -0.137. The number of likely N-dealkylation sites (tertiary alicyclic amines) is 1. The molecule has 1 atom stereocenters. The average Bonchev–Trinajstić information content (AvgIpc) is 2.36. The van der Waals surface area contributed by atoms with Gasteiger partial charge in [0.15, 0.2) is 0 Å². The third-order valence-corrected chi connectivity index (χ3v) is 3.33. The van der Waals surface area contributed by atoms with Crippen LogP contribution in [0, 0.1) is 5.92 Å². The predicted molar refractivity (Wildman–Crippen MR) is 69.1 cm³/mol. The summed E-state index contributed by atoms with van der Waals surface area (Å²) >= 11 is 0. The van der Waals surface area contributed by atoms with Crippen LogP contribution in [0.2, 0.25) is 0 Å². The number of esters is 1. The molecule has 1 saturated heterocycles. The normalized spacial score (nSPS) is 20.4. The molecule has 1 aliphatic rings. The highest BCUT2D eigenvalue weighted by atomic mass is 16.5. The molecule has 1 amide bonds. The summed E-state index contributed by atoms with van der Waals surface area (Å²) in [7, 11) is 1.42. The molecule has 0 spiro atoms. The van der Waals surface area contributed by atoms with E-state index in [1.807, 2.05) is 0 Å². The fourth-order valence-corrected chi connectivity index (χ4v) is 2.36. The van der Waals surface area contributed by atoms with Gasteiger partial charge >= 0.3 is 5.97 Å². The van der Waals surface area contributed by atoms with E-state index in [0.717, 1.165) is 32.6 Å². The molecule has 1 unspecified atom stereocenters. The molecule has 0 aromatic rings. The summed E-state index contributed by atoms with van der Waals surface area (Å²) in [5.74, 6) is 0.445. The summed E-state index contributed by atoms with van der Waals surface area (Å²) in [5.41, 5.74) is 0. The smallest absolute Gasteiger partial charge is 0.305 e. The molecule has 104 valence electrons. The van der Waals surface area contributed by atoms with Crippen molar-refractivity contribution < 1.29 is 14.3 Å². The van der Waals surface area contributed by atoms with Crippen LogP contribution in [-0.4, -0.2) is 50.1 Å². The van der Waals surface area contributed by atoms with Gasteiger partial charge in [-0.3, -0.25) is 9.59 Å². The van der Waals surface area contributed by atoms with E-state index in [2.05, 4.69) is 15.0 Å². The molecule has 1 fully saturated rings. The van der Waals surface area contributed by atoms with Crippen LogP contribution in [0.5, 0.6) is 0 Å². The van der Waals surface area contributed by atoms with E-state index in [4.69, 9.17) is 0 Å². The van der Waals surface area contributed by atoms with E-state index in [-0.39, 0.29) is 11.9 Å². The highest BCUT2D eigenvalue weighted by Gasteiger charge is 2.19. The SMILES string of the molecule is COC(=O)CCCN1CCCC(CNC(C)=O)C1. The minimum Gasteiger partial charge on any atom is -0.469 e. The molecule has 0 saturated carbocycles. The number of hydrogen-bond donors (Lipinski definition) is 1. The van der Waals surface area contributed by atoms with E-state index in [1.165, 1.54) is 20.0 Å². The number of carbonyl (C=O) groups excluding carboxylic acids is 2. The topological polar surface area (TPSA) is 58.6 Å². The Morgan fingerprint density at radius 1 is 1.44 bits per heavy atom. The number of amides is 1. The molecule has 1 N–H and O–H groups in total. The maximum Gasteiger partial charge on any atom is 0.305 e. The molecule has 1 rings (SSSR count). The van der Waals surface area contributed by atoms with E-state index >= 15 is 0 Å². The van der Waals surface area contributed by atoms with Gasteiger partial charge in [0, 0.05) is 26.4 Å². The van der Waals surface area contributed by atoms with Crippen molar-refractivity contribution in [3.8, 4) is 0 Å². The molecule has 1 aliphatic heterocycles. The first-order valence-corrected chi connectivity index (χ1v) is 6.65. The summed E-state index contributed by atoms with van der Waals surface area (Å²) in [6.45, 7) is 5.37. The van der Waals surface area contributed by atoms with Crippen molar-refractivity contribution >= 4 is 11.9 Å². The quantitative estimate of drug-likeness (QED) is 0.714. The predicted octanol–water partition coefficient (Wildman–Crippen LogP) is 0.788. The first-order valence-electron chi connectivity index (χ1n) is 6.65. The standard InChI is InChI=1S/C13H24N2O3/c1-11(16)14-9-12-5-3-7-15(10-12)8-4-6-13(17)18-2/h12H,3-10H2,1-2H3,(H,14,16). The molecule has 1 heterocycles. The van der Waals surface area contributed by atoms with Gasteiger partial charge in [-0.1, -0.05) is 0 Å². The third kappa shape index (κ3) is 6.00.